The van der Waals surface area contributed by atoms with Crippen molar-refractivity contribution in [2.75, 3.05) is 11.9 Å². The molecule has 0 unspecified atom stereocenters. The Kier molecular flexibility index (Phi) is 5.00. The number of nitrogens with one attached hydrogen (secondary N) is 1. The highest BCUT2D eigenvalue weighted by Gasteiger charge is 2.09. The van der Waals surface area contributed by atoms with Crippen molar-refractivity contribution in [1.29, 1.82) is 0 Å². The first-order valence-electron chi connectivity index (χ1n) is 5.60. The first-order chi connectivity index (χ1) is 7.90. The molecule has 17 heavy (non-hydrogen) atoms. The Balaban J connectivity index is 2.72. The van der Waals surface area contributed by atoms with Crippen molar-refractivity contribution >= 4 is 27.7 Å². The van der Waals surface area contributed by atoms with E-state index in [1.165, 1.54) is 0 Å². The van der Waals surface area contributed by atoms with Crippen molar-refractivity contribution < 1.29 is 9.53 Å². The Bertz CT molecular complexity index is 393. The molecule has 1 amide bonds. The third kappa shape index (κ3) is 4.38. The monoisotopic (exact) mass is 299 g/mol. The van der Waals surface area contributed by atoms with Crippen molar-refractivity contribution in [1.82, 2.24) is 0 Å². The van der Waals surface area contributed by atoms with Gasteiger partial charge < -0.3 is 4.74 Å². The number of benzene rings is 1. The summed E-state index contributed by atoms with van der Waals surface area (Å²) in [5.74, 6) is 0.341. The van der Waals surface area contributed by atoms with Gasteiger partial charge in [-0.3, -0.25) is 5.32 Å². The highest BCUT2D eigenvalue weighted by atomic mass is 79.9. The zero-order valence-electron chi connectivity index (χ0n) is 10.6. The zero-order valence-corrected chi connectivity index (χ0v) is 12.2. The fraction of sp³-hybridized carbons (Fsp3) is 0.462. The molecule has 0 heterocycles. The summed E-state index contributed by atoms with van der Waals surface area (Å²) >= 11 is 3.42. The highest BCUT2D eigenvalue weighted by Crippen LogP contribution is 2.25. The quantitative estimate of drug-likeness (QED) is 0.905. The third-order valence-corrected chi connectivity index (χ3v) is 2.73. The summed E-state index contributed by atoms with van der Waals surface area (Å²) in [4.78, 5) is 11.6. The standard InChI is InChI=1S/C13H18BrNO2/c1-8(2)7-17-13(16)15-12-9(3)5-11(14)6-10(12)4/h5-6,8H,7H2,1-4H3,(H,15,16). The van der Waals surface area contributed by atoms with Gasteiger partial charge in [-0.05, 0) is 43.0 Å². The van der Waals surface area contributed by atoms with E-state index in [0.29, 0.717) is 12.5 Å². The number of aryl methyl sites for hydroxylation is 2. The van der Waals surface area contributed by atoms with Crippen LogP contribution in [0.3, 0.4) is 0 Å². The number of hydrogen-bond acceptors (Lipinski definition) is 2. The average Bonchev–Trinajstić information content (AvgIpc) is 2.20. The highest BCUT2D eigenvalue weighted by molar-refractivity contribution is 9.10. The number of anilines is 1. The molecule has 0 aliphatic carbocycles. The first kappa shape index (κ1) is 14.0. The maximum atomic E-state index is 11.6. The SMILES string of the molecule is Cc1cc(Br)cc(C)c1NC(=O)OCC(C)C. The fourth-order valence-corrected chi connectivity index (χ4v) is 2.18. The Morgan fingerprint density at radius 3 is 2.35 bits per heavy atom. The van der Waals surface area contributed by atoms with Crippen LogP contribution < -0.4 is 5.32 Å². The van der Waals surface area contributed by atoms with Crippen LogP contribution in [-0.2, 0) is 4.74 Å². The van der Waals surface area contributed by atoms with Gasteiger partial charge in [-0.25, -0.2) is 4.79 Å². The molecule has 4 heteroatoms. The van der Waals surface area contributed by atoms with E-state index >= 15 is 0 Å². The first-order valence-corrected chi connectivity index (χ1v) is 6.40. The molecule has 0 saturated heterocycles. The molecule has 0 saturated carbocycles. The summed E-state index contributed by atoms with van der Waals surface area (Å²) in [5, 5.41) is 2.78. The Hall–Kier alpha value is -1.03. The minimum absolute atomic E-state index is 0.341. The van der Waals surface area contributed by atoms with Crippen LogP contribution in [0.2, 0.25) is 0 Å². The second-order valence-electron chi connectivity index (χ2n) is 4.53. The number of amides is 1. The summed E-state index contributed by atoms with van der Waals surface area (Å²) in [6.45, 7) is 8.35. The summed E-state index contributed by atoms with van der Waals surface area (Å²) in [6.07, 6.45) is -0.396. The van der Waals surface area contributed by atoms with Gasteiger partial charge in [0.1, 0.15) is 0 Å². The summed E-state index contributed by atoms with van der Waals surface area (Å²) in [5.41, 5.74) is 2.85. The number of carbonyl (C=O) groups is 1. The van der Waals surface area contributed by atoms with Crippen LogP contribution in [0.5, 0.6) is 0 Å². The van der Waals surface area contributed by atoms with E-state index < -0.39 is 6.09 Å². The van der Waals surface area contributed by atoms with Gasteiger partial charge in [-0.1, -0.05) is 29.8 Å². The Morgan fingerprint density at radius 1 is 1.35 bits per heavy atom. The Morgan fingerprint density at radius 2 is 1.88 bits per heavy atom. The van der Waals surface area contributed by atoms with Crippen molar-refractivity contribution in [2.45, 2.75) is 27.7 Å². The smallest absolute Gasteiger partial charge is 0.411 e. The van der Waals surface area contributed by atoms with Crippen LogP contribution in [-0.4, -0.2) is 12.7 Å². The molecular formula is C13H18BrNO2. The normalized spacial score (nSPS) is 10.5. The van der Waals surface area contributed by atoms with Crippen molar-refractivity contribution in [3.63, 3.8) is 0 Å². The Labute approximate surface area is 111 Å². The molecule has 1 aromatic rings. The second kappa shape index (κ2) is 6.05. The van der Waals surface area contributed by atoms with Gasteiger partial charge in [0.05, 0.1) is 6.61 Å². The topological polar surface area (TPSA) is 38.3 Å². The lowest BCUT2D eigenvalue weighted by Gasteiger charge is -2.13. The zero-order chi connectivity index (χ0) is 13.0. The molecule has 0 aromatic heterocycles. The molecule has 1 rings (SSSR count). The molecule has 1 aromatic carbocycles. The van der Waals surface area contributed by atoms with Gasteiger partial charge in [0.15, 0.2) is 0 Å². The van der Waals surface area contributed by atoms with Crippen molar-refractivity contribution in [3.8, 4) is 0 Å². The largest absolute Gasteiger partial charge is 0.449 e. The van der Waals surface area contributed by atoms with Gasteiger partial charge in [0.2, 0.25) is 0 Å². The molecule has 0 bridgehead atoms. The van der Waals surface area contributed by atoms with Gasteiger partial charge in [-0.2, -0.15) is 0 Å². The summed E-state index contributed by atoms with van der Waals surface area (Å²) in [6, 6.07) is 3.93. The minimum Gasteiger partial charge on any atom is -0.449 e. The summed E-state index contributed by atoms with van der Waals surface area (Å²) < 4.78 is 6.09. The van der Waals surface area contributed by atoms with Gasteiger partial charge in [0, 0.05) is 10.2 Å². The molecular weight excluding hydrogens is 282 g/mol. The lowest BCUT2D eigenvalue weighted by atomic mass is 10.1. The minimum atomic E-state index is -0.396. The number of rotatable bonds is 3. The molecule has 0 aliphatic rings. The van der Waals surface area contributed by atoms with Crippen LogP contribution in [0.4, 0.5) is 10.5 Å². The number of hydrogen-bond donors (Lipinski definition) is 1. The fourth-order valence-electron chi connectivity index (χ4n) is 1.49. The molecule has 0 fully saturated rings. The third-order valence-electron chi connectivity index (χ3n) is 2.27. The van der Waals surface area contributed by atoms with Crippen molar-refractivity contribution in [3.05, 3.63) is 27.7 Å². The van der Waals surface area contributed by atoms with E-state index in [9.17, 15) is 4.79 Å². The van der Waals surface area contributed by atoms with Gasteiger partial charge >= 0.3 is 6.09 Å². The van der Waals surface area contributed by atoms with Gasteiger partial charge in [-0.15, -0.1) is 0 Å². The van der Waals surface area contributed by atoms with E-state index in [1.807, 2.05) is 39.8 Å². The van der Waals surface area contributed by atoms with Crippen LogP contribution in [0, 0.1) is 19.8 Å². The van der Waals surface area contributed by atoms with E-state index in [1.54, 1.807) is 0 Å². The van der Waals surface area contributed by atoms with E-state index in [4.69, 9.17) is 4.74 Å². The van der Waals surface area contributed by atoms with E-state index in [2.05, 4.69) is 21.2 Å². The molecule has 0 aliphatic heterocycles. The van der Waals surface area contributed by atoms with E-state index in [0.717, 1.165) is 21.3 Å². The van der Waals surface area contributed by atoms with Crippen LogP contribution in [0.1, 0.15) is 25.0 Å². The lowest BCUT2D eigenvalue weighted by Crippen LogP contribution is -2.17. The number of carbonyl (C=O) groups excluding carboxylic acids is 1. The molecule has 94 valence electrons. The predicted molar refractivity (Wildman–Crippen MR) is 73.4 cm³/mol. The van der Waals surface area contributed by atoms with Crippen LogP contribution >= 0.6 is 15.9 Å². The molecule has 3 nitrogen and oxygen atoms in total. The summed E-state index contributed by atoms with van der Waals surface area (Å²) in [7, 11) is 0. The van der Waals surface area contributed by atoms with E-state index in [-0.39, 0.29) is 0 Å². The van der Waals surface area contributed by atoms with Crippen LogP contribution in [0.15, 0.2) is 16.6 Å². The van der Waals surface area contributed by atoms with Crippen molar-refractivity contribution in [2.24, 2.45) is 5.92 Å². The molecule has 0 radical (unpaired) electrons. The maximum Gasteiger partial charge on any atom is 0.411 e. The lowest BCUT2D eigenvalue weighted by molar-refractivity contribution is 0.147. The maximum absolute atomic E-state index is 11.6. The molecule has 0 atom stereocenters. The molecule has 1 N–H and O–H groups in total. The average molecular weight is 300 g/mol. The van der Waals surface area contributed by atoms with Crippen LogP contribution in [0.25, 0.3) is 0 Å². The second-order valence-corrected chi connectivity index (χ2v) is 5.45. The number of halogens is 1. The number of ether oxygens (including phenoxy) is 1. The molecule has 0 spiro atoms. The predicted octanol–water partition coefficient (Wildman–Crippen LogP) is 4.27. The van der Waals surface area contributed by atoms with Gasteiger partial charge in [0.25, 0.3) is 0 Å².